The van der Waals surface area contributed by atoms with Crippen LogP contribution in [0, 0.1) is 17.0 Å². The Morgan fingerprint density at radius 1 is 1.25 bits per heavy atom. The minimum Gasteiger partial charge on any atom is -0.459 e. The van der Waals surface area contributed by atoms with Crippen LogP contribution in [0.15, 0.2) is 24.3 Å². The van der Waals surface area contributed by atoms with Crippen molar-refractivity contribution in [2.24, 2.45) is 5.41 Å². The molecular weight excluding hydrogens is 368 g/mol. The monoisotopic (exact) mass is 393 g/mol. The second-order valence-electron chi connectivity index (χ2n) is 7.96. The standard InChI is InChI=1S/C21H25F2NO4/c1-20(2,3)28-19(27)21(12-10-17(25)24(4)18(21)26)11-6-5-7-14-8-9-15(22)16(23)13-14/h5,7-9,13H,6,10-12H2,1-4H3/b7-5+. The van der Waals surface area contributed by atoms with Crippen molar-refractivity contribution < 1.29 is 27.9 Å². The molecule has 1 aromatic rings. The van der Waals surface area contributed by atoms with Gasteiger partial charge in [-0.25, -0.2) is 8.78 Å². The van der Waals surface area contributed by atoms with Crippen LogP contribution in [-0.2, 0) is 19.1 Å². The average molecular weight is 393 g/mol. The highest BCUT2D eigenvalue weighted by atomic mass is 19.2. The number of carbonyl (C=O) groups is 3. The Balaban J connectivity index is 2.19. The first-order valence-corrected chi connectivity index (χ1v) is 9.12. The average Bonchev–Trinajstić information content (AvgIpc) is 2.60. The SMILES string of the molecule is CN1C(=O)CCC(CC/C=C/c2ccc(F)c(F)c2)(C(=O)OC(C)(C)C)C1=O. The van der Waals surface area contributed by atoms with Gasteiger partial charge >= 0.3 is 5.97 Å². The molecule has 0 spiro atoms. The van der Waals surface area contributed by atoms with E-state index >= 15 is 0 Å². The molecule has 1 aliphatic heterocycles. The van der Waals surface area contributed by atoms with E-state index in [1.54, 1.807) is 32.9 Å². The van der Waals surface area contributed by atoms with Gasteiger partial charge in [0.25, 0.3) is 0 Å². The second kappa shape index (κ2) is 8.20. The maximum atomic E-state index is 13.3. The lowest BCUT2D eigenvalue weighted by Crippen LogP contribution is -2.55. The van der Waals surface area contributed by atoms with Crippen molar-refractivity contribution in [3.8, 4) is 0 Å². The van der Waals surface area contributed by atoms with Crippen LogP contribution in [0.5, 0.6) is 0 Å². The molecule has 2 amide bonds. The number of hydrogen-bond donors (Lipinski definition) is 0. The van der Waals surface area contributed by atoms with E-state index in [1.807, 2.05) is 0 Å². The van der Waals surface area contributed by atoms with Crippen molar-refractivity contribution in [1.82, 2.24) is 4.90 Å². The Labute approximate surface area is 163 Å². The zero-order chi connectivity index (χ0) is 21.1. The maximum absolute atomic E-state index is 13.3. The quantitative estimate of drug-likeness (QED) is 0.433. The van der Waals surface area contributed by atoms with Gasteiger partial charge in [-0.05, 0) is 57.7 Å². The van der Waals surface area contributed by atoms with Crippen molar-refractivity contribution in [3.05, 3.63) is 41.5 Å². The summed E-state index contributed by atoms with van der Waals surface area (Å²) in [6.45, 7) is 5.14. The predicted octanol–water partition coefficient (Wildman–Crippen LogP) is 3.87. The molecule has 5 nitrogen and oxygen atoms in total. The van der Waals surface area contributed by atoms with Crippen LogP contribution in [-0.4, -0.2) is 35.3 Å². The van der Waals surface area contributed by atoms with Crippen LogP contribution in [0.2, 0.25) is 0 Å². The van der Waals surface area contributed by atoms with Gasteiger partial charge in [0.1, 0.15) is 11.0 Å². The van der Waals surface area contributed by atoms with E-state index in [-0.39, 0.29) is 25.2 Å². The van der Waals surface area contributed by atoms with Gasteiger partial charge in [0.15, 0.2) is 11.6 Å². The molecule has 1 unspecified atom stereocenters. The third-order valence-corrected chi connectivity index (χ3v) is 4.64. The minimum absolute atomic E-state index is 0.0777. The summed E-state index contributed by atoms with van der Waals surface area (Å²) >= 11 is 0. The molecule has 0 N–H and O–H groups in total. The number of piperidine rings is 1. The molecule has 0 radical (unpaired) electrons. The van der Waals surface area contributed by atoms with Gasteiger partial charge in [-0.3, -0.25) is 19.3 Å². The summed E-state index contributed by atoms with van der Waals surface area (Å²) in [5.41, 5.74) is -1.74. The van der Waals surface area contributed by atoms with Crippen molar-refractivity contribution in [3.63, 3.8) is 0 Å². The summed E-state index contributed by atoms with van der Waals surface area (Å²) in [6, 6.07) is 3.52. The van der Waals surface area contributed by atoms with E-state index in [4.69, 9.17) is 4.74 Å². The molecule has 1 aromatic carbocycles. The molecule has 0 bridgehead atoms. The first-order chi connectivity index (χ1) is 13.0. The number of allylic oxidation sites excluding steroid dienone is 1. The summed E-state index contributed by atoms with van der Waals surface area (Å²) in [5, 5.41) is 0. The lowest BCUT2D eigenvalue weighted by molar-refractivity contribution is -0.178. The molecule has 1 saturated heterocycles. The van der Waals surface area contributed by atoms with Gasteiger partial charge in [-0.15, -0.1) is 0 Å². The molecule has 0 aliphatic carbocycles. The normalized spacial score (nSPS) is 20.7. The molecule has 1 aliphatic rings. The Morgan fingerprint density at radius 2 is 1.93 bits per heavy atom. The molecule has 152 valence electrons. The Hall–Kier alpha value is -2.57. The molecule has 7 heteroatoms. The molecule has 28 heavy (non-hydrogen) atoms. The zero-order valence-electron chi connectivity index (χ0n) is 16.6. The van der Waals surface area contributed by atoms with Crippen molar-refractivity contribution in [2.45, 2.75) is 52.1 Å². The third kappa shape index (κ3) is 4.82. The highest BCUT2D eigenvalue weighted by Crippen LogP contribution is 2.38. The highest BCUT2D eigenvalue weighted by molar-refractivity contribution is 6.10. The number of benzene rings is 1. The Kier molecular flexibility index (Phi) is 6.37. The van der Waals surface area contributed by atoms with Crippen LogP contribution in [0.25, 0.3) is 6.08 Å². The van der Waals surface area contributed by atoms with Crippen LogP contribution in [0.4, 0.5) is 8.78 Å². The van der Waals surface area contributed by atoms with Gasteiger partial charge in [0, 0.05) is 13.5 Å². The summed E-state index contributed by atoms with van der Waals surface area (Å²) in [6.07, 6.45) is 3.91. The number of esters is 1. The number of imide groups is 1. The molecule has 0 saturated carbocycles. The lowest BCUT2D eigenvalue weighted by atomic mass is 9.75. The molecule has 0 aromatic heterocycles. The fraction of sp³-hybridized carbons (Fsp3) is 0.476. The number of nitrogens with zero attached hydrogens (tertiary/aromatic N) is 1. The molecule has 1 fully saturated rings. The van der Waals surface area contributed by atoms with Gasteiger partial charge in [0.05, 0.1) is 0 Å². The zero-order valence-corrected chi connectivity index (χ0v) is 16.6. The van der Waals surface area contributed by atoms with Gasteiger partial charge in [0.2, 0.25) is 11.8 Å². The van der Waals surface area contributed by atoms with Crippen molar-refractivity contribution in [2.75, 3.05) is 7.05 Å². The van der Waals surface area contributed by atoms with E-state index in [2.05, 4.69) is 0 Å². The largest absolute Gasteiger partial charge is 0.459 e. The van der Waals surface area contributed by atoms with Crippen LogP contribution in [0.1, 0.15) is 52.0 Å². The van der Waals surface area contributed by atoms with E-state index < -0.39 is 34.5 Å². The highest BCUT2D eigenvalue weighted by Gasteiger charge is 2.52. The topological polar surface area (TPSA) is 63.7 Å². The number of ether oxygens (including phenoxy) is 1. The fourth-order valence-electron chi connectivity index (χ4n) is 3.09. The number of hydrogen-bond acceptors (Lipinski definition) is 4. The van der Waals surface area contributed by atoms with E-state index in [0.717, 1.165) is 17.0 Å². The third-order valence-electron chi connectivity index (χ3n) is 4.64. The summed E-state index contributed by atoms with van der Waals surface area (Å²) in [7, 11) is 1.36. The first kappa shape index (κ1) is 21.7. The van der Waals surface area contributed by atoms with Crippen LogP contribution in [0.3, 0.4) is 0 Å². The molecule has 1 heterocycles. The Morgan fingerprint density at radius 3 is 2.54 bits per heavy atom. The first-order valence-electron chi connectivity index (χ1n) is 9.12. The smallest absolute Gasteiger partial charge is 0.322 e. The fourth-order valence-corrected chi connectivity index (χ4v) is 3.09. The Bertz CT molecular complexity index is 813. The van der Waals surface area contributed by atoms with Crippen LogP contribution >= 0.6 is 0 Å². The summed E-state index contributed by atoms with van der Waals surface area (Å²) in [5.74, 6) is -3.43. The van der Waals surface area contributed by atoms with E-state index in [1.165, 1.54) is 13.1 Å². The number of amides is 2. The van der Waals surface area contributed by atoms with Crippen molar-refractivity contribution in [1.29, 1.82) is 0 Å². The molecule has 2 rings (SSSR count). The molecule has 1 atom stereocenters. The van der Waals surface area contributed by atoms with Gasteiger partial charge in [-0.1, -0.05) is 18.2 Å². The number of halogens is 2. The maximum Gasteiger partial charge on any atom is 0.322 e. The number of likely N-dealkylation sites (tertiary alicyclic amines) is 1. The summed E-state index contributed by atoms with van der Waals surface area (Å²) < 4.78 is 31.7. The lowest BCUT2D eigenvalue weighted by Gasteiger charge is -2.38. The van der Waals surface area contributed by atoms with Gasteiger partial charge < -0.3 is 4.74 Å². The van der Waals surface area contributed by atoms with E-state index in [0.29, 0.717) is 12.0 Å². The summed E-state index contributed by atoms with van der Waals surface area (Å²) in [4.78, 5) is 38.5. The number of rotatable bonds is 5. The van der Waals surface area contributed by atoms with E-state index in [9.17, 15) is 23.2 Å². The van der Waals surface area contributed by atoms with Crippen LogP contribution < -0.4 is 0 Å². The second-order valence-corrected chi connectivity index (χ2v) is 7.96. The minimum atomic E-state index is -1.44. The van der Waals surface area contributed by atoms with Crippen molar-refractivity contribution >= 4 is 23.9 Å². The number of carbonyl (C=O) groups excluding carboxylic acids is 3. The van der Waals surface area contributed by atoms with Gasteiger partial charge in [-0.2, -0.15) is 0 Å². The predicted molar refractivity (Wildman–Crippen MR) is 99.9 cm³/mol. The molecular formula is C21H25F2NO4.